The molecule has 0 bridgehead atoms. The molecule has 18 heavy (non-hydrogen) atoms. The van der Waals surface area contributed by atoms with Crippen molar-refractivity contribution < 1.29 is 9.53 Å². The molecule has 0 aromatic heterocycles. The van der Waals surface area contributed by atoms with Gasteiger partial charge in [0.25, 0.3) is 0 Å². The van der Waals surface area contributed by atoms with Crippen molar-refractivity contribution in [3.63, 3.8) is 0 Å². The number of nitrogens with one attached hydrogen (secondary N) is 1. The normalized spacial score (nSPS) is 17.7. The summed E-state index contributed by atoms with van der Waals surface area (Å²) >= 11 is 0. The second-order valence-corrected chi connectivity index (χ2v) is 4.47. The molecule has 1 unspecified atom stereocenters. The minimum atomic E-state index is 0.0242. The lowest BCUT2D eigenvalue weighted by Crippen LogP contribution is -2.14. The van der Waals surface area contributed by atoms with Crippen molar-refractivity contribution in [3.05, 3.63) is 30.4 Å². The van der Waals surface area contributed by atoms with Crippen LogP contribution in [0.4, 0.5) is 11.4 Å². The van der Waals surface area contributed by atoms with Gasteiger partial charge >= 0.3 is 0 Å². The van der Waals surface area contributed by atoms with Crippen molar-refractivity contribution in [1.29, 1.82) is 0 Å². The highest BCUT2D eigenvalue weighted by molar-refractivity contribution is 5.91. The summed E-state index contributed by atoms with van der Waals surface area (Å²) in [7, 11) is 1.57. The van der Waals surface area contributed by atoms with Crippen molar-refractivity contribution in [1.82, 2.24) is 0 Å². The number of nitrogens with two attached hydrogens (primary N) is 1. The van der Waals surface area contributed by atoms with Crippen LogP contribution in [0.15, 0.2) is 30.4 Å². The van der Waals surface area contributed by atoms with Gasteiger partial charge in [-0.05, 0) is 37.0 Å². The number of carbonyl (C=O) groups is 1. The summed E-state index contributed by atoms with van der Waals surface area (Å²) in [6, 6.07) is 5.25. The van der Waals surface area contributed by atoms with Crippen LogP contribution in [0.5, 0.6) is 5.75 Å². The van der Waals surface area contributed by atoms with Gasteiger partial charge in [0.1, 0.15) is 5.75 Å². The van der Waals surface area contributed by atoms with Gasteiger partial charge in [0.05, 0.1) is 12.8 Å². The van der Waals surface area contributed by atoms with E-state index in [1.54, 1.807) is 25.3 Å². The van der Waals surface area contributed by atoms with Crippen LogP contribution in [0.25, 0.3) is 0 Å². The molecule has 0 saturated heterocycles. The molecule has 1 aromatic carbocycles. The Morgan fingerprint density at radius 3 is 3.00 bits per heavy atom. The minimum absolute atomic E-state index is 0.0242. The molecule has 1 amide bonds. The number of anilines is 2. The number of allylic oxidation sites excluding steroid dienone is 2. The molecule has 0 heterocycles. The maximum absolute atomic E-state index is 11.8. The summed E-state index contributed by atoms with van der Waals surface area (Å²) in [5.41, 5.74) is 7.02. The molecule has 0 saturated carbocycles. The van der Waals surface area contributed by atoms with E-state index in [0.29, 0.717) is 29.5 Å². The predicted molar refractivity (Wildman–Crippen MR) is 72.5 cm³/mol. The van der Waals surface area contributed by atoms with Crippen LogP contribution in [0.2, 0.25) is 0 Å². The summed E-state index contributed by atoms with van der Waals surface area (Å²) in [6.07, 6.45) is 6.92. The van der Waals surface area contributed by atoms with Crippen LogP contribution in [0, 0.1) is 5.92 Å². The van der Waals surface area contributed by atoms with Gasteiger partial charge < -0.3 is 15.8 Å². The molecule has 4 heteroatoms. The Morgan fingerprint density at radius 1 is 1.56 bits per heavy atom. The van der Waals surface area contributed by atoms with Crippen LogP contribution < -0.4 is 15.8 Å². The standard InChI is InChI=1S/C14H18N2O2/c1-18-13-7-6-11(9-12(13)15)16-14(17)8-10-4-2-3-5-10/h2,4,6-7,9-10H,3,5,8,15H2,1H3,(H,16,17). The van der Waals surface area contributed by atoms with E-state index < -0.39 is 0 Å². The predicted octanol–water partition coefficient (Wildman–Crippen LogP) is 2.57. The van der Waals surface area contributed by atoms with E-state index >= 15 is 0 Å². The number of hydrogen-bond donors (Lipinski definition) is 2. The zero-order chi connectivity index (χ0) is 13.0. The van der Waals surface area contributed by atoms with Gasteiger partial charge in [0.2, 0.25) is 5.91 Å². The maximum Gasteiger partial charge on any atom is 0.224 e. The number of amides is 1. The van der Waals surface area contributed by atoms with Gasteiger partial charge in [0.15, 0.2) is 0 Å². The molecule has 1 aliphatic carbocycles. The molecule has 4 nitrogen and oxygen atoms in total. The second kappa shape index (κ2) is 5.58. The molecular weight excluding hydrogens is 228 g/mol. The Kier molecular flexibility index (Phi) is 3.87. The Balaban J connectivity index is 1.94. The molecule has 1 aliphatic rings. The Labute approximate surface area is 107 Å². The van der Waals surface area contributed by atoms with E-state index in [4.69, 9.17) is 10.5 Å². The number of hydrogen-bond acceptors (Lipinski definition) is 3. The lowest BCUT2D eigenvalue weighted by molar-refractivity contribution is -0.116. The number of nitrogen functional groups attached to an aromatic ring is 1. The second-order valence-electron chi connectivity index (χ2n) is 4.47. The Hall–Kier alpha value is -1.97. The maximum atomic E-state index is 11.8. The van der Waals surface area contributed by atoms with Crippen molar-refractivity contribution >= 4 is 17.3 Å². The lowest BCUT2D eigenvalue weighted by atomic mass is 10.1. The zero-order valence-electron chi connectivity index (χ0n) is 10.5. The third-order valence-corrected chi connectivity index (χ3v) is 3.07. The molecule has 0 fully saturated rings. The van der Waals surface area contributed by atoms with Gasteiger partial charge in [-0.25, -0.2) is 0 Å². The van der Waals surface area contributed by atoms with Crippen molar-refractivity contribution in [2.24, 2.45) is 5.92 Å². The highest BCUT2D eigenvalue weighted by Crippen LogP contribution is 2.25. The first kappa shape index (κ1) is 12.5. The molecule has 0 radical (unpaired) electrons. The average molecular weight is 246 g/mol. The van der Waals surface area contributed by atoms with E-state index in [-0.39, 0.29) is 5.91 Å². The summed E-state index contributed by atoms with van der Waals surface area (Å²) in [4.78, 5) is 11.8. The van der Waals surface area contributed by atoms with Crippen molar-refractivity contribution in [2.45, 2.75) is 19.3 Å². The van der Waals surface area contributed by atoms with Gasteiger partial charge in [-0.1, -0.05) is 12.2 Å². The van der Waals surface area contributed by atoms with Crippen LogP contribution in [0.3, 0.4) is 0 Å². The highest BCUT2D eigenvalue weighted by Gasteiger charge is 2.14. The fourth-order valence-electron chi connectivity index (χ4n) is 2.13. The molecule has 96 valence electrons. The van der Waals surface area contributed by atoms with E-state index in [9.17, 15) is 4.79 Å². The Morgan fingerprint density at radius 2 is 2.39 bits per heavy atom. The lowest BCUT2D eigenvalue weighted by Gasteiger charge is -2.10. The SMILES string of the molecule is COc1ccc(NC(=O)CC2C=CCC2)cc1N. The Bertz CT molecular complexity index is 469. The smallest absolute Gasteiger partial charge is 0.224 e. The van der Waals surface area contributed by atoms with E-state index in [0.717, 1.165) is 12.8 Å². The quantitative estimate of drug-likeness (QED) is 0.634. The van der Waals surface area contributed by atoms with E-state index in [1.165, 1.54) is 0 Å². The zero-order valence-corrected chi connectivity index (χ0v) is 10.5. The van der Waals surface area contributed by atoms with Gasteiger partial charge in [-0.15, -0.1) is 0 Å². The van der Waals surface area contributed by atoms with Crippen molar-refractivity contribution in [2.75, 3.05) is 18.2 Å². The van der Waals surface area contributed by atoms with Gasteiger partial charge in [0, 0.05) is 12.1 Å². The fraction of sp³-hybridized carbons (Fsp3) is 0.357. The van der Waals surface area contributed by atoms with Gasteiger partial charge in [-0.2, -0.15) is 0 Å². The summed E-state index contributed by atoms with van der Waals surface area (Å²) in [5, 5.41) is 2.85. The van der Waals surface area contributed by atoms with Crippen LogP contribution in [-0.2, 0) is 4.79 Å². The largest absolute Gasteiger partial charge is 0.495 e. The van der Waals surface area contributed by atoms with Gasteiger partial charge in [-0.3, -0.25) is 4.79 Å². The third kappa shape index (κ3) is 3.03. The minimum Gasteiger partial charge on any atom is -0.495 e. The van der Waals surface area contributed by atoms with Crippen LogP contribution in [-0.4, -0.2) is 13.0 Å². The topological polar surface area (TPSA) is 64.3 Å². The molecule has 2 rings (SSSR count). The molecule has 1 atom stereocenters. The number of methoxy groups -OCH3 is 1. The number of rotatable bonds is 4. The summed E-state index contributed by atoms with van der Waals surface area (Å²) in [6.45, 7) is 0. The molecular formula is C14H18N2O2. The number of benzene rings is 1. The summed E-state index contributed by atoms with van der Waals surface area (Å²) < 4.78 is 5.07. The van der Waals surface area contributed by atoms with Crippen LogP contribution in [0.1, 0.15) is 19.3 Å². The monoisotopic (exact) mass is 246 g/mol. The number of carbonyl (C=O) groups excluding carboxylic acids is 1. The first-order chi connectivity index (χ1) is 8.69. The molecule has 1 aromatic rings. The average Bonchev–Trinajstić information content (AvgIpc) is 2.82. The first-order valence-electron chi connectivity index (χ1n) is 6.09. The fourth-order valence-corrected chi connectivity index (χ4v) is 2.13. The molecule has 0 aliphatic heterocycles. The number of ether oxygens (including phenoxy) is 1. The summed E-state index contributed by atoms with van der Waals surface area (Å²) in [5.74, 6) is 1.02. The van der Waals surface area contributed by atoms with E-state index in [1.807, 2.05) is 0 Å². The third-order valence-electron chi connectivity index (χ3n) is 3.07. The van der Waals surface area contributed by atoms with E-state index in [2.05, 4.69) is 17.5 Å². The van der Waals surface area contributed by atoms with Crippen LogP contribution >= 0.6 is 0 Å². The molecule has 0 spiro atoms. The molecule has 3 N–H and O–H groups in total. The highest BCUT2D eigenvalue weighted by atomic mass is 16.5. The van der Waals surface area contributed by atoms with Crippen molar-refractivity contribution in [3.8, 4) is 5.75 Å². The first-order valence-corrected chi connectivity index (χ1v) is 6.09.